The fourth-order valence-corrected chi connectivity index (χ4v) is 3.01. The third-order valence-corrected chi connectivity index (χ3v) is 4.64. The van der Waals surface area contributed by atoms with Crippen LogP contribution in [0.1, 0.15) is 23.0 Å². The van der Waals surface area contributed by atoms with Crippen LogP contribution in [0.5, 0.6) is 0 Å². The molecule has 3 N–H and O–H groups in total. The summed E-state index contributed by atoms with van der Waals surface area (Å²) in [7, 11) is 1.95. The largest absolute Gasteiger partial charge is 0.271 e. The van der Waals surface area contributed by atoms with Crippen LogP contribution in [0.3, 0.4) is 0 Å². The molecule has 0 saturated heterocycles. The number of nitrogens with two attached hydrogens (primary N) is 1. The van der Waals surface area contributed by atoms with E-state index in [1.165, 1.54) is 0 Å². The Balaban J connectivity index is 2.29. The highest BCUT2D eigenvalue weighted by Gasteiger charge is 2.17. The van der Waals surface area contributed by atoms with Crippen molar-refractivity contribution >= 4 is 31.9 Å². The Kier molecular flexibility index (Phi) is 4.78. The molecule has 2 aromatic rings. The molecule has 1 unspecified atom stereocenters. The van der Waals surface area contributed by atoms with Crippen LogP contribution in [-0.4, -0.2) is 9.78 Å². The van der Waals surface area contributed by atoms with Crippen LogP contribution in [0.2, 0.25) is 0 Å². The SMILES string of the molecule is Cc1nn(C)c(CC(NN)c2cccc(Br)c2)c1Br. The first-order chi connectivity index (χ1) is 9.02. The van der Waals surface area contributed by atoms with E-state index in [0.29, 0.717) is 0 Å². The molecule has 0 fully saturated rings. The minimum absolute atomic E-state index is 0.0450. The minimum atomic E-state index is 0.0450. The molecule has 1 heterocycles. The van der Waals surface area contributed by atoms with Crippen LogP contribution in [0.25, 0.3) is 0 Å². The van der Waals surface area contributed by atoms with Crippen LogP contribution in [0.15, 0.2) is 33.2 Å². The topological polar surface area (TPSA) is 55.9 Å². The first-order valence-corrected chi connectivity index (χ1v) is 7.51. The highest BCUT2D eigenvalue weighted by molar-refractivity contribution is 9.10. The lowest BCUT2D eigenvalue weighted by Gasteiger charge is -2.17. The molecule has 4 nitrogen and oxygen atoms in total. The molecule has 0 aliphatic carbocycles. The van der Waals surface area contributed by atoms with Crippen molar-refractivity contribution in [2.75, 3.05) is 0 Å². The van der Waals surface area contributed by atoms with E-state index in [9.17, 15) is 0 Å². The Morgan fingerprint density at radius 1 is 1.42 bits per heavy atom. The van der Waals surface area contributed by atoms with E-state index >= 15 is 0 Å². The number of aryl methyl sites for hydroxylation is 2. The van der Waals surface area contributed by atoms with Gasteiger partial charge in [-0.15, -0.1) is 0 Å². The Bertz CT molecular complexity index is 580. The number of hydrogen-bond donors (Lipinski definition) is 2. The van der Waals surface area contributed by atoms with Gasteiger partial charge in [-0.1, -0.05) is 28.1 Å². The van der Waals surface area contributed by atoms with E-state index in [1.54, 1.807) is 0 Å². The van der Waals surface area contributed by atoms with Crippen molar-refractivity contribution in [3.63, 3.8) is 0 Å². The molecule has 0 bridgehead atoms. The molecule has 2 rings (SSSR count). The van der Waals surface area contributed by atoms with E-state index in [4.69, 9.17) is 5.84 Å². The Morgan fingerprint density at radius 2 is 2.16 bits per heavy atom. The van der Waals surface area contributed by atoms with Crippen molar-refractivity contribution in [3.8, 4) is 0 Å². The first kappa shape index (κ1) is 14.7. The van der Waals surface area contributed by atoms with Gasteiger partial charge in [0.15, 0.2) is 0 Å². The van der Waals surface area contributed by atoms with Gasteiger partial charge < -0.3 is 0 Å². The zero-order valence-electron chi connectivity index (χ0n) is 10.8. The number of halogens is 2. The van der Waals surface area contributed by atoms with Gasteiger partial charge in [0.1, 0.15) is 0 Å². The minimum Gasteiger partial charge on any atom is -0.271 e. The molecular weight excluding hydrogens is 372 g/mol. The van der Waals surface area contributed by atoms with Crippen molar-refractivity contribution in [1.82, 2.24) is 15.2 Å². The fraction of sp³-hybridized carbons (Fsp3) is 0.308. The molecule has 0 aliphatic rings. The van der Waals surface area contributed by atoms with E-state index in [2.05, 4.69) is 54.5 Å². The molecule has 1 atom stereocenters. The predicted molar refractivity (Wildman–Crippen MR) is 83.6 cm³/mol. The normalized spacial score (nSPS) is 12.7. The van der Waals surface area contributed by atoms with Gasteiger partial charge >= 0.3 is 0 Å². The maximum absolute atomic E-state index is 5.70. The van der Waals surface area contributed by atoms with Crippen molar-refractivity contribution in [3.05, 3.63) is 50.2 Å². The summed E-state index contributed by atoms with van der Waals surface area (Å²) in [4.78, 5) is 0. The summed E-state index contributed by atoms with van der Waals surface area (Å²) in [5, 5.41) is 4.40. The third kappa shape index (κ3) is 3.25. The highest BCUT2D eigenvalue weighted by Crippen LogP contribution is 2.26. The first-order valence-electron chi connectivity index (χ1n) is 5.92. The summed E-state index contributed by atoms with van der Waals surface area (Å²) < 4.78 is 3.98. The van der Waals surface area contributed by atoms with Crippen LogP contribution >= 0.6 is 31.9 Å². The molecular formula is C13H16Br2N4. The molecule has 102 valence electrons. The number of hydrazine groups is 1. The second-order valence-corrected chi connectivity index (χ2v) is 6.16. The Morgan fingerprint density at radius 3 is 2.68 bits per heavy atom. The van der Waals surface area contributed by atoms with Crippen molar-refractivity contribution < 1.29 is 0 Å². The molecule has 0 spiro atoms. The van der Waals surface area contributed by atoms with Gasteiger partial charge in [-0.2, -0.15) is 5.10 Å². The summed E-state index contributed by atoms with van der Waals surface area (Å²) in [5.41, 5.74) is 6.13. The van der Waals surface area contributed by atoms with Gasteiger partial charge in [0.25, 0.3) is 0 Å². The van der Waals surface area contributed by atoms with E-state index in [1.807, 2.05) is 30.8 Å². The second-order valence-electron chi connectivity index (χ2n) is 4.45. The second kappa shape index (κ2) is 6.17. The fourth-order valence-electron chi connectivity index (χ4n) is 2.09. The van der Waals surface area contributed by atoms with Crippen molar-refractivity contribution in [1.29, 1.82) is 0 Å². The van der Waals surface area contributed by atoms with Crippen LogP contribution in [-0.2, 0) is 13.5 Å². The molecule has 0 radical (unpaired) electrons. The lowest BCUT2D eigenvalue weighted by atomic mass is 10.0. The number of benzene rings is 1. The molecule has 1 aromatic heterocycles. The van der Waals surface area contributed by atoms with Gasteiger partial charge in [0, 0.05) is 17.9 Å². The number of nitrogens with zero attached hydrogens (tertiary/aromatic N) is 2. The lowest BCUT2D eigenvalue weighted by Crippen LogP contribution is -2.30. The van der Waals surface area contributed by atoms with Gasteiger partial charge in [0.2, 0.25) is 0 Å². The van der Waals surface area contributed by atoms with E-state index < -0.39 is 0 Å². The Labute approximate surface area is 129 Å². The summed E-state index contributed by atoms with van der Waals surface area (Å²) in [6.07, 6.45) is 0.769. The van der Waals surface area contributed by atoms with Gasteiger partial charge in [-0.3, -0.25) is 16.0 Å². The van der Waals surface area contributed by atoms with Crippen molar-refractivity contribution in [2.45, 2.75) is 19.4 Å². The maximum Gasteiger partial charge on any atom is 0.0738 e. The average Bonchev–Trinajstić information content (AvgIpc) is 2.61. The quantitative estimate of drug-likeness (QED) is 0.626. The van der Waals surface area contributed by atoms with Crippen LogP contribution < -0.4 is 11.3 Å². The number of hydrogen-bond acceptors (Lipinski definition) is 3. The van der Waals surface area contributed by atoms with Gasteiger partial charge in [-0.25, -0.2) is 0 Å². The standard InChI is InChI=1S/C13H16Br2N4/c1-8-13(15)12(19(2)18-8)7-11(17-16)9-4-3-5-10(14)6-9/h3-6,11,17H,7,16H2,1-2H3. The molecule has 0 aliphatic heterocycles. The molecule has 0 saturated carbocycles. The lowest BCUT2D eigenvalue weighted by molar-refractivity contribution is 0.529. The zero-order valence-corrected chi connectivity index (χ0v) is 14.0. The van der Waals surface area contributed by atoms with Crippen LogP contribution in [0, 0.1) is 6.92 Å². The molecule has 19 heavy (non-hydrogen) atoms. The number of aromatic nitrogens is 2. The molecule has 6 heteroatoms. The summed E-state index contributed by atoms with van der Waals surface area (Å²) in [6.45, 7) is 1.98. The maximum atomic E-state index is 5.70. The Hall–Kier alpha value is -0.690. The highest BCUT2D eigenvalue weighted by atomic mass is 79.9. The summed E-state index contributed by atoms with van der Waals surface area (Å²) in [6, 6.07) is 8.19. The monoisotopic (exact) mass is 386 g/mol. The van der Waals surface area contributed by atoms with Gasteiger partial charge in [-0.05, 0) is 40.5 Å². The van der Waals surface area contributed by atoms with E-state index in [-0.39, 0.29) is 6.04 Å². The average molecular weight is 388 g/mol. The van der Waals surface area contributed by atoms with Crippen LogP contribution in [0.4, 0.5) is 0 Å². The molecule has 1 aromatic carbocycles. The van der Waals surface area contributed by atoms with E-state index in [0.717, 1.165) is 32.3 Å². The third-order valence-electron chi connectivity index (χ3n) is 3.11. The van der Waals surface area contributed by atoms with Gasteiger partial charge in [0.05, 0.1) is 21.9 Å². The predicted octanol–water partition coefficient (Wildman–Crippen LogP) is 3.00. The summed E-state index contributed by atoms with van der Waals surface area (Å²) in [5.74, 6) is 5.70. The number of rotatable bonds is 4. The number of nitrogens with one attached hydrogen (secondary N) is 1. The van der Waals surface area contributed by atoms with Crippen molar-refractivity contribution in [2.24, 2.45) is 12.9 Å². The summed E-state index contributed by atoms with van der Waals surface area (Å²) >= 11 is 7.07. The smallest absolute Gasteiger partial charge is 0.0738 e. The molecule has 0 amide bonds. The zero-order chi connectivity index (χ0) is 14.0.